The molecule has 2 N–H and O–H groups in total. The van der Waals surface area contributed by atoms with Crippen molar-refractivity contribution >= 4 is 23.7 Å². The molecule has 18 heavy (non-hydrogen) atoms. The topological polar surface area (TPSA) is 62.8 Å². The molecule has 0 fully saturated rings. The van der Waals surface area contributed by atoms with Gasteiger partial charge >= 0.3 is 0 Å². The molecule has 0 amide bonds. The second kappa shape index (κ2) is 5.59. The van der Waals surface area contributed by atoms with E-state index in [4.69, 9.17) is 17.0 Å². The maximum Gasteiger partial charge on any atom is 0.215 e. The van der Waals surface area contributed by atoms with E-state index in [1.807, 2.05) is 38.1 Å². The van der Waals surface area contributed by atoms with Gasteiger partial charge in [0, 0.05) is 5.69 Å². The second-order valence-electron chi connectivity index (χ2n) is 3.66. The molecule has 0 aliphatic heterocycles. The minimum absolute atomic E-state index is 0.356. The van der Waals surface area contributed by atoms with Crippen LogP contribution in [-0.4, -0.2) is 21.8 Å². The largest absolute Gasteiger partial charge is 0.494 e. The first-order chi connectivity index (χ1) is 8.69. The molecule has 0 saturated carbocycles. The van der Waals surface area contributed by atoms with Gasteiger partial charge in [-0.2, -0.15) is 10.1 Å². The van der Waals surface area contributed by atoms with Crippen molar-refractivity contribution in [3.63, 3.8) is 0 Å². The Kier molecular flexibility index (Phi) is 3.88. The van der Waals surface area contributed by atoms with Gasteiger partial charge in [-0.05, 0) is 50.3 Å². The van der Waals surface area contributed by atoms with Gasteiger partial charge in [0.15, 0.2) is 5.82 Å². The van der Waals surface area contributed by atoms with Crippen LogP contribution in [0, 0.1) is 11.7 Å². The number of H-pyrrole nitrogens is 1. The highest BCUT2D eigenvalue weighted by molar-refractivity contribution is 7.71. The molecule has 0 aliphatic rings. The molecule has 1 aromatic heterocycles. The zero-order chi connectivity index (χ0) is 13.0. The number of aryl methyl sites for hydroxylation is 1. The van der Waals surface area contributed by atoms with Crippen molar-refractivity contribution in [2.45, 2.75) is 13.8 Å². The minimum Gasteiger partial charge on any atom is -0.494 e. The van der Waals surface area contributed by atoms with Crippen molar-refractivity contribution < 1.29 is 4.74 Å². The summed E-state index contributed by atoms with van der Waals surface area (Å²) in [6.07, 6.45) is 0. The Labute approximate surface area is 110 Å². The maximum absolute atomic E-state index is 5.38. The van der Waals surface area contributed by atoms with E-state index in [0.717, 1.165) is 17.1 Å². The van der Waals surface area contributed by atoms with Crippen LogP contribution in [0.2, 0.25) is 0 Å². The van der Waals surface area contributed by atoms with Crippen LogP contribution in [0.25, 0.3) is 0 Å². The van der Waals surface area contributed by atoms with Gasteiger partial charge in [-0.1, -0.05) is 0 Å². The molecular formula is C12H14N4OS. The third-order valence-corrected chi connectivity index (χ3v) is 2.49. The number of nitrogens with zero attached hydrogens (tertiary/aromatic N) is 2. The highest BCUT2D eigenvalue weighted by Gasteiger charge is 2.02. The smallest absolute Gasteiger partial charge is 0.215 e. The highest BCUT2D eigenvalue weighted by Crippen LogP contribution is 2.19. The number of aromatic nitrogens is 3. The van der Waals surface area contributed by atoms with Crippen molar-refractivity contribution in [1.82, 2.24) is 15.2 Å². The number of ether oxygens (including phenoxy) is 1. The molecule has 0 bridgehead atoms. The monoisotopic (exact) mass is 262 g/mol. The molecule has 6 heteroatoms. The molecule has 0 aliphatic carbocycles. The Bertz CT molecular complexity index is 579. The second-order valence-corrected chi connectivity index (χ2v) is 4.04. The van der Waals surface area contributed by atoms with Gasteiger partial charge in [0.25, 0.3) is 0 Å². The molecular weight excluding hydrogens is 248 g/mol. The normalized spacial score (nSPS) is 10.1. The highest BCUT2D eigenvalue weighted by atomic mass is 32.1. The Morgan fingerprint density at radius 1 is 1.33 bits per heavy atom. The standard InChI is InChI=1S/C12H14N4OS/c1-3-17-10-6-4-9(5-7-10)13-11-8(2)15-16-12(18)14-11/h4-7H,3H2,1-2H3,(H2,13,14,16,18). The summed E-state index contributed by atoms with van der Waals surface area (Å²) >= 11 is 4.94. The van der Waals surface area contributed by atoms with E-state index < -0.39 is 0 Å². The molecule has 0 saturated heterocycles. The van der Waals surface area contributed by atoms with Gasteiger partial charge in [-0.15, -0.1) is 0 Å². The number of hydrogen-bond donors (Lipinski definition) is 2. The fourth-order valence-corrected chi connectivity index (χ4v) is 1.59. The van der Waals surface area contributed by atoms with E-state index in [2.05, 4.69) is 20.5 Å². The third-order valence-electron chi connectivity index (χ3n) is 2.30. The van der Waals surface area contributed by atoms with Crippen molar-refractivity contribution in [3.05, 3.63) is 34.7 Å². The maximum atomic E-state index is 5.38. The van der Waals surface area contributed by atoms with Crippen LogP contribution < -0.4 is 10.1 Å². The molecule has 5 nitrogen and oxygen atoms in total. The van der Waals surface area contributed by atoms with Gasteiger partial charge in [-0.25, -0.2) is 0 Å². The van der Waals surface area contributed by atoms with Crippen LogP contribution in [-0.2, 0) is 0 Å². The number of aromatic amines is 1. The van der Waals surface area contributed by atoms with E-state index in [0.29, 0.717) is 17.2 Å². The average molecular weight is 262 g/mol. The van der Waals surface area contributed by atoms with Gasteiger partial charge in [-0.3, -0.25) is 5.10 Å². The van der Waals surface area contributed by atoms with Crippen LogP contribution in [0.3, 0.4) is 0 Å². The molecule has 2 aromatic rings. The molecule has 94 valence electrons. The summed E-state index contributed by atoms with van der Waals surface area (Å²) in [5.74, 6) is 1.50. The Morgan fingerprint density at radius 3 is 2.72 bits per heavy atom. The van der Waals surface area contributed by atoms with Crippen LogP contribution in [0.15, 0.2) is 24.3 Å². The Morgan fingerprint density at radius 2 is 2.06 bits per heavy atom. The van der Waals surface area contributed by atoms with Crippen LogP contribution >= 0.6 is 12.2 Å². The molecule has 2 rings (SSSR count). The number of hydrogen-bond acceptors (Lipinski definition) is 5. The first-order valence-electron chi connectivity index (χ1n) is 5.62. The number of nitrogens with one attached hydrogen (secondary N) is 2. The summed E-state index contributed by atoms with van der Waals surface area (Å²) in [6.45, 7) is 4.47. The van der Waals surface area contributed by atoms with Gasteiger partial charge in [0.2, 0.25) is 4.77 Å². The van der Waals surface area contributed by atoms with Crippen molar-refractivity contribution in [3.8, 4) is 5.75 Å². The summed E-state index contributed by atoms with van der Waals surface area (Å²) < 4.78 is 5.73. The fourth-order valence-electron chi connectivity index (χ4n) is 1.45. The summed E-state index contributed by atoms with van der Waals surface area (Å²) in [6, 6.07) is 7.65. The number of anilines is 2. The van der Waals surface area contributed by atoms with E-state index in [1.165, 1.54) is 0 Å². The lowest BCUT2D eigenvalue weighted by atomic mass is 10.3. The lowest BCUT2D eigenvalue weighted by molar-refractivity contribution is 0.340. The van der Waals surface area contributed by atoms with Crippen LogP contribution in [0.1, 0.15) is 12.6 Å². The van der Waals surface area contributed by atoms with E-state index in [9.17, 15) is 0 Å². The molecule has 0 spiro atoms. The number of rotatable bonds is 4. The van der Waals surface area contributed by atoms with E-state index in [1.54, 1.807) is 0 Å². The van der Waals surface area contributed by atoms with Crippen molar-refractivity contribution in [2.75, 3.05) is 11.9 Å². The van der Waals surface area contributed by atoms with Gasteiger partial charge in [0.05, 0.1) is 6.61 Å². The minimum atomic E-state index is 0.356. The fraction of sp³-hybridized carbons (Fsp3) is 0.250. The predicted molar refractivity (Wildman–Crippen MR) is 72.8 cm³/mol. The number of benzene rings is 1. The van der Waals surface area contributed by atoms with Crippen molar-refractivity contribution in [2.24, 2.45) is 0 Å². The molecule has 0 unspecified atom stereocenters. The zero-order valence-electron chi connectivity index (χ0n) is 10.2. The van der Waals surface area contributed by atoms with Crippen LogP contribution in [0.4, 0.5) is 11.5 Å². The van der Waals surface area contributed by atoms with Crippen molar-refractivity contribution in [1.29, 1.82) is 0 Å². The summed E-state index contributed by atoms with van der Waals surface area (Å²) in [5, 5.41) is 9.85. The lowest BCUT2D eigenvalue weighted by Gasteiger charge is -2.08. The summed E-state index contributed by atoms with van der Waals surface area (Å²) in [5.41, 5.74) is 1.67. The third kappa shape index (κ3) is 3.04. The first kappa shape index (κ1) is 12.5. The zero-order valence-corrected chi connectivity index (χ0v) is 11.0. The van der Waals surface area contributed by atoms with Crippen LogP contribution in [0.5, 0.6) is 5.75 Å². The molecule has 1 heterocycles. The lowest BCUT2D eigenvalue weighted by Crippen LogP contribution is -2.01. The average Bonchev–Trinajstić information content (AvgIpc) is 2.37. The quantitative estimate of drug-likeness (QED) is 0.829. The summed E-state index contributed by atoms with van der Waals surface area (Å²) in [4.78, 5) is 4.18. The van der Waals surface area contributed by atoms with E-state index in [-0.39, 0.29) is 0 Å². The SMILES string of the molecule is CCOc1ccc(Nc2nc(=S)[nH]nc2C)cc1. The summed E-state index contributed by atoms with van der Waals surface area (Å²) in [7, 11) is 0. The van der Waals surface area contributed by atoms with E-state index >= 15 is 0 Å². The molecule has 1 aromatic carbocycles. The molecule has 0 radical (unpaired) electrons. The predicted octanol–water partition coefficient (Wildman–Crippen LogP) is 2.98. The van der Waals surface area contributed by atoms with Gasteiger partial charge in [0.1, 0.15) is 11.4 Å². The molecule has 0 atom stereocenters. The van der Waals surface area contributed by atoms with Gasteiger partial charge < -0.3 is 10.1 Å². The Hall–Kier alpha value is -1.95. The Balaban J connectivity index is 2.18. The first-order valence-corrected chi connectivity index (χ1v) is 6.03.